The Labute approximate surface area is 120 Å². The molecule has 110 valence electrons. The molecule has 0 saturated carbocycles. The predicted octanol–water partition coefficient (Wildman–Crippen LogP) is 5.28. The van der Waals surface area contributed by atoms with E-state index in [1.165, 1.54) is 5.57 Å². The summed E-state index contributed by atoms with van der Waals surface area (Å²) in [7, 11) is 0. The highest BCUT2D eigenvalue weighted by atomic mass is 14.6. The predicted molar refractivity (Wildman–Crippen MR) is 85.8 cm³/mol. The zero-order valence-electron chi connectivity index (χ0n) is 14.4. The van der Waals surface area contributed by atoms with E-state index in [-0.39, 0.29) is 21.7 Å². The first kappa shape index (κ1) is 16.3. The van der Waals surface area contributed by atoms with Crippen LogP contribution in [0.5, 0.6) is 0 Å². The highest BCUT2D eigenvalue weighted by Crippen LogP contribution is 2.58. The molecule has 1 aliphatic rings. The van der Waals surface area contributed by atoms with Crippen molar-refractivity contribution in [2.45, 2.75) is 68.7 Å². The van der Waals surface area contributed by atoms with E-state index >= 15 is 0 Å². The van der Waals surface area contributed by atoms with E-state index in [1.54, 1.807) is 0 Å². The molecular weight excluding hydrogens is 230 g/mol. The van der Waals surface area contributed by atoms with Gasteiger partial charge in [-0.05, 0) is 28.2 Å². The molecule has 0 bridgehead atoms. The fourth-order valence-corrected chi connectivity index (χ4v) is 3.59. The largest absolute Gasteiger partial charge is 0.399 e. The van der Waals surface area contributed by atoms with E-state index in [0.29, 0.717) is 0 Å². The summed E-state index contributed by atoms with van der Waals surface area (Å²) in [4.78, 5) is 0. The summed E-state index contributed by atoms with van der Waals surface area (Å²) < 4.78 is 0. The van der Waals surface area contributed by atoms with Crippen LogP contribution in [0.4, 0.5) is 0 Å². The highest BCUT2D eigenvalue weighted by Gasteiger charge is 2.50. The third-order valence-electron chi connectivity index (χ3n) is 4.83. The van der Waals surface area contributed by atoms with Gasteiger partial charge in [0.1, 0.15) is 0 Å². The first-order valence-electron chi connectivity index (χ1n) is 7.42. The lowest BCUT2D eigenvalue weighted by Crippen LogP contribution is -2.46. The average Bonchev–Trinajstić information content (AvgIpc) is 2.12. The lowest BCUT2D eigenvalue weighted by atomic mass is 9.50. The van der Waals surface area contributed by atoms with Gasteiger partial charge in [-0.2, -0.15) is 0 Å². The molecule has 19 heavy (non-hydrogen) atoms. The quantitative estimate of drug-likeness (QED) is 0.632. The summed E-state index contributed by atoms with van der Waals surface area (Å²) in [6, 6.07) is 0. The SMILES string of the molecule is CC(C)(C)C1=CC(C(C)(C)C)(C(C)(C)C)CC=C1N. The minimum absolute atomic E-state index is 0.1000. The third-order valence-corrected chi connectivity index (χ3v) is 4.83. The van der Waals surface area contributed by atoms with Crippen molar-refractivity contribution in [2.75, 3.05) is 0 Å². The van der Waals surface area contributed by atoms with E-state index < -0.39 is 0 Å². The number of allylic oxidation sites excluding steroid dienone is 3. The van der Waals surface area contributed by atoms with E-state index in [2.05, 4.69) is 74.5 Å². The second kappa shape index (κ2) is 4.40. The molecule has 0 saturated heterocycles. The number of hydrogen-bond acceptors (Lipinski definition) is 1. The number of hydrogen-bond donors (Lipinski definition) is 1. The van der Waals surface area contributed by atoms with Gasteiger partial charge in [-0.25, -0.2) is 0 Å². The van der Waals surface area contributed by atoms with Gasteiger partial charge >= 0.3 is 0 Å². The van der Waals surface area contributed by atoms with E-state index in [1.807, 2.05) is 0 Å². The molecule has 1 heteroatoms. The summed E-state index contributed by atoms with van der Waals surface area (Å²) in [5.41, 5.74) is 9.20. The number of rotatable bonds is 0. The Morgan fingerprint density at radius 1 is 0.895 bits per heavy atom. The number of nitrogens with two attached hydrogens (primary N) is 1. The van der Waals surface area contributed by atoms with Gasteiger partial charge in [-0.1, -0.05) is 74.5 Å². The fraction of sp³-hybridized carbons (Fsp3) is 0.778. The molecule has 0 radical (unpaired) electrons. The zero-order valence-corrected chi connectivity index (χ0v) is 14.4. The maximum absolute atomic E-state index is 6.27. The van der Waals surface area contributed by atoms with Gasteiger partial charge in [0.2, 0.25) is 0 Å². The molecule has 0 spiro atoms. The second-order valence-corrected chi connectivity index (χ2v) is 9.14. The van der Waals surface area contributed by atoms with Gasteiger partial charge in [0.05, 0.1) is 0 Å². The summed E-state index contributed by atoms with van der Waals surface area (Å²) in [5.74, 6) is 0. The Balaban J connectivity index is 3.51. The van der Waals surface area contributed by atoms with Crippen molar-refractivity contribution < 1.29 is 0 Å². The summed E-state index contributed by atoms with van der Waals surface area (Å²) in [6.45, 7) is 20.9. The Hall–Kier alpha value is -0.720. The average molecular weight is 263 g/mol. The molecule has 2 N–H and O–H groups in total. The Kier molecular flexibility index (Phi) is 3.78. The van der Waals surface area contributed by atoms with E-state index in [0.717, 1.165) is 12.1 Å². The van der Waals surface area contributed by atoms with Crippen LogP contribution in [0, 0.1) is 21.7 Å². The zero-order chi connectivity index (χ0) is 15.3. The van der Waals surface area contributed by atoms with Crippen molar-refractivity contribution >= 4 is 0 Å². The lowest BCUT2D eigenvalue weighted by molar-refractivity contribution is 0.0167. The molecule has 1 aliphatic carbocycles. The van der Waals surface area contributed by atoms with Gasteiger partial charge in [0, 0.05) is 11.1 Å². The van der Waals surface area contributed by atoms with Crippen molar-refractivity contribution in [2.24, 2.45) is 27.4 Å². The molecule has 1 rings (SSSR count). The van der Waals surface area contributed by atoms with Gasteiger partial charge < -0.3 is 5.73 Å². The van der Waals surface area contributed by atoms with Gasteiger partial charge in [0.25, 0.3) is 0 Å². The molecule has 0 aliphatic heterocycles. The van der Waals surface area contributed by atoms with Crippen LogP contribution in [0.3, 0.4) is 0 Å². The van der Waals surface area contributed by atoms with Gasteiger partial charge in [-0.15, -0.1) is 0 Å². The van der Waals surface area contributed by atoms with Crippen molar-refractivity contribution in [1.82, 2.24) is 0 Å². The molecule has 0 fully saturated rings. The molecule has 0 aromatic carbocycles. The minimum atomic E-state index is 0.1000. The van der Waals surface area contributed by atoms with Gasteiger partial charge in [-0.3, -0.25) is 0 Å². The van der Waals surface area contributed by atoms with Crippen LogP contribution in [-0.2, 0) is 0 Å². The van der Waals surface area contributed by atoms with Crippen molar-refractivity contribution in [3.63, 3.8) is 0 Å². The summed E-state index contributed by atoms with van der Waals surface area (Å²) >= 11 is 0. The monoisotopic (exact) mass is 263 g/mol. The van der Waals surface area contributed by atoms with Crippen molar-refractivity contribution in [3.05, 3.63) is 23.4 Å². The first-order chi connectivity index (χ1) is 8.22. The van der Waals surface area contributed by atoms with Crippen LogP contribution in [0.15, 0.2) is 23.4 Å². The molecule has 0 aromatic rings. The molecule has 1 nitrogen and oxygen atoms in total. The van der Waals surface area contributed by atoms with Crippen LogP contribution in [0.2, 0.25) is 0 Å². The van der Waals surface area contributed by atoms with Crippen molar-refractivity contribution in [3.8, 4) is 0 Å². The van der Waals surface area contributed by atoms with Gasteiger partial charge in [0.15, 0.2) is 0 Å². The van der Waals surface area contributed by atoms with E-state index in [9.17, 15) is 0 Å². The molecule has 0 atom stereocenters. The van der Waals surface area contributed by atoms with Crippen LogP contribution in [0.25, 0.3) is 0 Å². The van der Waals surface area contributed by atoms with E-state index in [4.69, 9.17) is 5.73 Å². The summed E-state index contributed by atoms with van der Waals surface area (Å²) in [5, 5.41) is 0. The smallest absolute Gasteiger partial charge is 0.0308 e. The Morgan fingerprint density at radius 3 is 1.63 bits per heavy atom. The normalized spacial score (nSPS) is 20.9. The highest BCUT2D eigenvalue weighted by molar-refractivity contribution is 5.40. The molecule has 0 heterocycles. The van der Waals surface area contributed by atoms with Crippen LogP contribution >= 0.6 is 0 Å². The molecule has 0 unspecified atom stereocenters. The summed E-state index contributed by atoms with van der Waals surface area (Å²) in [6.07, 6.45) is 5.77. The standard InChI is InChI=1S/C18H33N/c1-15(2,3)13-12-18(16(4,5)6,17(7,8)9)11-10-14(13)19/h10,12H,11,19H2,1-9H3. The maximum Gasteiger partial charge on any atom is 0.0308 e. The Bertz CT molecular complexity index is 388. The molecule has 0 aromatic heterocycles. The minimum Gasteiger partial charge on any atom is -0.399 e. The van der Waals surface area contributed by atoms with Crippen molar-refractivity contribution in [1.29, 1.82) is 0 Å². The van der Waals surface area contributed by atoms with Crippen LogP contribution in [0.1, 0.15) is 68.7 Å². The fourth-order valence-electron chi connectivity index (χ4n) is 3.59. The van der Waals surface area contributed by atoms with Crippen LogP contribution < -0.4 is 5.73 Å². The molecular formula is C18H33N. The topological polar surface area (TPSA) is 26.0 Å². The Morgan fingerprint density at radius 2 is 1.32 bits per heavy atom. The lowest BCUT2D eigenvalue weighted by Gasteiger charge is -2.54. The molecule has 0 amide bonds. The second-order valence-electron chi connectivity index (χ2n) is 9.14. The first-order valence-corrected chi connectivity index (χ1v) is 7.42. The maximum atomic E-state index is 6.27. The third kappa shape index (κ3) is 2.75. The van der Waals surface area contributed by atoms with Crippen LogP contribution in [-0.4, -0.2) is 0 Å².